The molecular formula is C62H46N4S. The SMILES string of the molecule is CC1=C(c2ccccc2)NC(c2ccccc2)N=C(c2cccc(-n3c4ccccc4c4cc5c(cc43)Sc3ccccc3C53c4ccccc4N(c4ccccc4)c4ccccc43)c2)CC1. The number of allylic oxidation sites excluding steroid dienone is 1. The molecule has 1 spiro atoms. The Kier molecular flexibility index (Phi) is 9.40. The summed E-state index contributed by atoms with van der Waals surface area (Å²) >= 11 is 1.89. The fourth-order valence-electron chi connectivity index (χ4n) is 11.2. The molecule has 0 bridgehead atoms. The highest BCUT2D eigenvalue weighted by Crippen LogP contribution is 2.63. The highest BCUT2D eigenvalue weighted by Gasteiger charge is 2.50. The van der Waals surface area contributed by atoms with E-state index in [9.17, 15) is 0 Å². The first-order valence-electron chi connectivity index (χ1n) is 23.3. The van der Waals surface area contributed by atoms with Crippen molar-refractivity contribution in [3.05, 3.63) is 269 Å². The van der Waals surface area contributed by atoms with Gasteiger partial charge in [-0.15, -0.1) is 0 Å². The molecule has 0 saturated heterocycles. The van der Waals surface area contributed by atoms with Gasteiger partial charge in [0.2, 0.25) is 0 Å². The third-order valence-electron chi connectivity index (χ3n) is 14.1. The number of para-hydroxylation sites is 4. The van der Waals surface area contributed by atoms with Crippen molar-refractivity contribution in [3.8, 4) is 5.69 Å². The van der Waals surface area contributed by atoms with Gasteiger partial charge in [-0.2, -0.15) is 0 Å². The minimum absolute atomic E-state index is 0.243. The third kappa shape index (κ3) is 6.26. The first kappa shape index (κ1) is 39.5. The molecule has 5 heteroatoms. The summed E-state index contributed by atoms with van der Waals surface area (Å²) in [6.45, 7) is 2.26. The molecule has 3 aliphatic heterocycles. The predicted molar refractivity (Wildman–Crippen MR) is 279 cm³/mol. The lowest BCUT2D eigenvalue weighted by Gasteiger charge is -2.49. The standard InChI is InChI=1S/C62H46N4S/c1-41-36-37-53(63-61(43-22-7-3-8-23-43)64-60(41)42-20-5-2-6-21-42)44-24-19-27-46(38-44)66-54-32-15-11-28-47(54)48-39-52-59(40-57(48)66)67-58-35-18-14-31-51(58)62(52)49-29-12-16-33-55(49)65(45-25-9-4-10-26-45)56-34-17-13-30-50(56)62/h2-35,38-40,61,64H,36-37H2,1H3. The van der Waals surface area contributed by atoms with E-state index in [0.29, 0.717) is 0 Å². The number of rotatable bonds is 5. The molecule has 1 aromatic heterocycles. The highest BCUT2D eigenvalue weighted by molar-refractivity contribution is 7.99. The van der Waals surface area contributed by atoms with Gasteiger partial charge in [-0.25, -0.2) is 0 Å². The zero-order valence-electron chi connectivity index (χ0n) is 37.1. The molecule has 4 nitrogen and oxygen atoms in total. The van der Waals surface area contributed by atoms with Gasteiger partial charge < -0.3 is 14.8 Å². The summed E-state index contributed by atoms with van der Waals surface area (Å²) in [5.74, 6) is 0. The fraction of sp³-hybridized carbons (Fsp3) is 0.0806. The second-order valence-corrected chi connectivity index (χ2v) is 19.0. The summed E-state index contributed by atoms with van der Waals surface area (Å²) < 4.78 is 2.48. The Hall–Kier alpha value is -7.86. The molecule has 9 aromatic carbocycles. The highest BCUT2D eigenvalue weighted by atomic mass is 32.2. The summed E-state index contributed by atoms with van der Waals surface area (Å²) in [6.07, 6.45) is 1.49. The van der Waals surface area contributed by atoms with Crippen LogP contribution in [-0.4, -0.2) is 10.3 Å². The Balaban J connectivity index is 1.00. The molecule has 0 saturated carbocycles. The van der Waals surface area contributed by atoms with Crippen LogP contribution in [0.15, 0.2) is 245 Å². The van der Waals surface area contributed by atoms with Gasteiger partial charge in [-0.1, -0.05) is 176 Å². The van der Waals surface area contributed by atoms with Crippen molar-refractivity contribution in [3.63, 3.8) is 0 Å². The third-order valence-corrected chi connectivity index (χ3v) is 15.3. The molecule has 1 unspecified atom stereocenters. The molecular weight excluding hydrogens is 833 g/mol. The Bertz CT molecular complexity index is 3560. The maximum Gasteiger partial charge on any atom is 0.145 e. The number of fused-ring (bicyclic) bond motifs is 11. The minimum Gasteiger partial charge on any atom is -0.360 e. The van der Waals surface area contributed by atoms with Gasteiger partial charge in [-0.05, 0) is 125 Å². The van der Waals surface area contributed by atoms with Crippen molar-refractivity contribution < 1.29 is 0 Å². The van der Waals surface area contributed by atoms with Gasteiger partial charge in [0.15, 0.2) is 0 Å². The molecule has 10 aromatic rings. The van der Waals surface area contributed by atoms with Gasteiger partial charge in [0.25, 0.3) is 0 Å². The van der Waals surface area contributed by atoms with Crippen molar-refractivity contribution in [1.82, 2.24) is 9.88 Å². The van der Waals surface area contributed by atoms with E-state index in [1.54, 1.807) is 0 Å². The van der Waals surface area contributed by atoms with E-state index in [-0.39, 0.29) is 6.17 Å². The van der Waals surface area contributed by atoms with Gasteiger partial charge in [0.05, 0.1) is 27.8 Å². The average Bonchev–Trinajstić information content (AvgIpc) is 3.71. The number of hydrogen-bond donors (Lipinski definition) is 1. The quantitative estimate of drug-likeness (QED) is 0.187. The van der Waals surface area contributed by atoms with Gasteiger partial charge in [-0.3, -0.25) is 4.99 Å². The molecule has 1 atom stereocenters. The summed E-state index contributed by atoms with van der Waals surface area (Å²) in [6, 6.07) is 82.4. The largest absolute Gasteiger partial charge is 0.360 e. The van der Waals surface area contributed by atoms with E-state index >= 15 is 0 Å². The monoisotopic (exact) mass is 878 g/mol. The number of benzene rings is 9. The van der Waals surface area contributed by atoms with Crippen molar-refractivity contribution in [2.75, 3.05) is 4.90 Å². The molecule has 0 amide bonds. The lowest BCUT2D eigenvalue weighted by molar-refractivity contribution is 0.656. The van der Waals surface area contributed by atoms with Crippen LogP contribution in [0.1, 0.15) is 64.9 Å². The first-order chi connectivity index (χ1) is 33.1. The van der Waals surface area contributed by atoms with Crippen LogP contribution in [-0.2, 0) is 5.41 Å². The van der Waals surface area contributed by atoms with Gasteiger partial charge in [0, 0.05) is 43.3 Å². The number of nitrogens with one attached hydrogen (secondary N) is 1. The predicted octanol–water partition coefficient (Wildman–Crippen LogP) is 15.7. The summed E-state index contributed by atoms with van der Waals surface area (Å²) in [4.78, 5) is 10.6. The Morgan fingerprint density at radius 3 is 1.87 bits per heavy atom. The molecule has 1 N–H and O–H groups in total. The molecule has 0 aliphatic carbocycles. The number of aliphatic imine (C=N–C) groups is 1. The fourth-order valence-corrected chi connectivity index (χ4v) is 12.4. The topological polar surface area (TPSA) is 32.6 Å². The van der Waals surface area contributed by atoms with E-state index in [0.717, 1.165) is 46.8 Å². The van der Waals surface area contributed by atoms with Crippen molar-refractivity contribution in [2.24, 2.45) is 4.99 Å². The zero-order chi connectivity index (χ0) is 44.5. The first-order valence-corrected chi connectivity index (χ1v) is 24.1. The molecule has 3 aliphatic rings. The average molecular weight is 879 g/mol. The Morgan fingerprint density at radius 2 is 1.10 bits per heavy atom. The minimum atomic E-state index is -0.570. The summed E-state index contributed by atoms with van der Waals surface area (Å²) in [5.41, 5.74) is 18.7. The van der Waals surface area contributed by atoms with Crippen LogP contribution in [0.5, 0.6) is 0 Å². The lowest BCUT2D eigenvalue weighted by atomic mass is 9.62. The lowest BCUT2D eigenvalue weighted by Crippen LogP contribution is -2.39. The molecule has 13 rings (SSSR count). The van der Waals surface area contributed by atoms with Crippen molar-refractivity contribution in [2.45, 2.75) is 41.1 Å². The molecule has 320 valence electrons. The van der Waals surface area contributed by atoms with E-state index in [1.165, 1.54) is 76.4 Å². The van der Waals surface area contributed by atoms with E-state index in [1.807, 2.05) is 11.8 Å². The Labute approximate surface area is 395 Å². The van der Waals surface area contributed by atoms with Crippen molar-refractivity contribution in [1.29, 1.82) is 0 Å². The van der Waals surface area contributed by atoms with E-state index in [4.69, 9.17) is 4.99 Å². The van der Waals surface area contributed by atoms with Crippen LogP contribution >= 0.6 is 11.8 Å². The second kappa shape index (κ2) is 15.9. The molecule has 0 radical (unpaired) electrons. The van der Waals surface area contributed by atoms with E-state index in [2.05, 4.69) is 246 Å². The van der Waals surface area contributed by atoms with Crippen LogP contribution < -0.4 is 10.2 Å². The molecule has 67 heavy (non-hydrogen) atoms. The van der Waals surface area contributed by atoms with E-state index < -0.39 is 5.41 Å². The summed E-state index contributed by atoms with van der Waals surface area (Å²) in [5, 5.41) is 6.37. The van der Waals surface area contributed by atoms with Crippen LogP contribution in [0.3, 0.4) is 0 Å². The van der Waals surface area contributed by atoms with Crippen LogP contribution in [0.25, 0.3) is 33.2 Å². The normalized spacial score (nSPS) is 16.0. The van der Waals surface area contributed by atoms with Crippen LogP contribution in [0.2, 0.25) is 0 Å². The van der Waals surface area contributed by atoms with Crippen LogP contribution in [0, 0.1) is 0 Å². The number of hydrogen-bond acceptors (Lipinski definition) is 4. The molecule has 0 fully saturated rings. The smallest absolute Gasteiger partial charge is 0.145 e. The van der Waals surface area contributed by atoms with Crippen LogP contribution in [0.4, 0.5) is 17.1 Å². The number of aromatic nitrogens is 1. The maximum absolute atomic E-state index is 5.58. The maximum atomic E-state index is 5.58. The Morgan fingerprint density at radius 1 is 0.493 bits per heavy atom. The summed E-state index contributed by atoms with van der Waals surface area (Å²) in [7, 11) is 0. The zero-order valence-corrected chi connectivity index (χ0v) is 37.9. The van der Waals surface area contributed by atoms with Crippen molar-refractivity contribution >= 4 is 62.0 Å². The second-order valence-electron chi connectivity index (χ2n) is 17.9. The number of anilines is 3. The molecule has 4 heterocycles. The van der Waals surface area contributed by atoms with Gasteiger partial charge in [0.1, 0.15) is 6.17 Å². The number of nitrogens with zero attached hydrogens (tertiary/aromatic N) is 3. The van der Waals surface area contributed by atoms with Gasteiger partial charge >= 0.3 is 0 Å².